The molecule has 18 heavy (non-hydrogen) atoms. The summed E-state index contributed by atoms with van der Waals surface area (Å²) in [6, 6.07) is 11.9. The van der Waals surface area contributed by atoms with Gasteiger partial charge in [-0.2, -0.15) is 0 Å². The summed E-state index contributed by atoms with van der Waals surface area (Å²) in [6.07, 6.45) is 1.31. The molecule has 4 rings (SSSR count). The molecule has 0 radical (unpaired) electrons. The summed E-state index contributed by atoms with van der Waals surface area (Å²) in [5, 5.41) is 2.12. The van der Waals surface area contributed by atoms with Crippen molar-refractivity contribution in [3.63, 3.8) is 0 Å². The van der Waals surface area contributed by atoms with Crippen molar-refractivity contribution in [2.45, 2.75) is 0 Å². The number of fused-ring (bicyclic) bond motifs is 5. The molecule has 86 valence electrons. The molecule has 0 aliphatic heterocycles. The van der Waals surface area contributed by atoms with Gasteiger partial charge in [0, 0.05) is 21.8 Å². The molecule has 4 nitrogen and oxygen atoms in total. The number of benzene rings is 2. The molecule has 0 unspecified atom stereocenters. The lowest BCUT2D eigenvalue weighted by atomic mass is 10.1. The van der Waals surface area contributed by atoms with Crippen molar-refractivity contribution < 1.29 is 0 Å². The average molecular weight is 235 g/mol. The molecular weight excluding hydrogens is 226 g/mol. The first-order valence-corrected chi connectivity index (χ1v) is 5.71. The third kappa shape index (κ3) is 1.14. The van der Waals surface area contributed by atoms with Crippen LogP contribution in [0.25, 0.3) is 32.8 Å². The fourth-order valence-corrected chi connectivity index (χ4v) is 2.45. The van der Waals surface area contributed by atoms with E-state index in [0.717, 1.165) is 32.8 Å². The number of H-pyrrole nitrogens is 2. The van der Waals surface area contributed by atoms with Crippen molar-refractivity contribution in [1.29, 1.82) is 0 Å². The summed E-state index contributed by atoms with van der Waals surface area (Å²) < 4.78 is 0. The van der Waals surface area contributed by atoms with Crippen LogP contribution in [0.15, 0.2) is 47.4 Å². The Morgan fingerprint density at radius 2 is 1.83 bits per heavy atom. The van der Waals surface area contributed by atoms with Crippen LogP contribution in [0.1, 0.15) is 0 Å². The normalized spacial score (nSPS) is 11.6. The number of hydrogen-bond acceptors (Lipinski definition) is 2. The monoisotopic (exact) mass is 235 g/mol. The van der Waals surface area contributed by atoms with Gasteiger partial charge in [-0.3, -0.25) is 4.79 Å². The number of aromatic amines is 2. The SMILES string of the molecule is O=c1cnc2ccc3[nH]c4ccccc4c3c2[nH]1. The van der Waals surface area contributed by atoms with E-state index >= 15 is 0 Å². The lowest BCUT2D eigenvalue weighted by molar-refractivity contribution is 1.22. The smallest absolute Gasteiger partial charge is 0.266 e. The molecule has 0 bridgehead atoms. The molecule has 2 aromatic heterocycles. The topological polar surface area (TPSA) is 61.5 Å². The van der Waals surface area contributed by atoms with E-state index in [2.05, 4.69) is 15.0 Å². The van der Waals surface area contributed by atoms with Gasteiger partial charge < -0.3 is 9.97 Å². The average Bonchev–Trinajstić information content (AvgIpc) is 2.77. The first kappa shape index (κ1) is 9.41. The number of nitrogens with zero attached hydrogens (tertiary/aromatic N) is 1. The Kier molecular flexibility index (Phi) is 1.67. The van der Waals surface area contributed by atoms with Crippen molar-refractivity contribution in [3.05, 3.63) is 52.9 Å². The van der Waals surface area contributed by atoms with Gasteiger partial charge in [0.15, 0.2) is 0 Å². The van der Waals surface area contributed by atoms with E-state index in [1.54, 1.807) is 0 Å². The zero-order valence-corrected chi connectivity index (χ0v) is 9.40. The number of para-hydroxylation sites is 1. The van der Waals surface area contributed by atoms with Gasteiger partial charge in [0.1, 0.15) is 0 Å². The van der Waals surface area contributed by atoms with Gasteiger partial charge >= 0.3 is 0 Å². The molecule has 2 heterocycles. The summed E-state index contributed by atoms with van der Waals surface area (Å²) >= 11 is 0. The van der Waals surface area contributed by atoms with Crippen LogP contribution < -0.4 is 5.56 Å². The van der Waals surface area contributed by atoms with E-state index in [1.807, 2.05) is 36.4 Å². The molecule has 0 fully saturated rings. The fourth-order valence-electron chi connectivity index (χ4n) is 2.45. The highest BCUT2D eigenvalue weighted by Gasteiger charge is 2.08. The lowest BCUT2D eigenvalue weighted by Gasteiger charge is -1.98. The van der Waals surface area contributed by atoms with Crippen LogP contribution in [-0.4, -0.2) is 15.0 Å². The first-order chi connectivity index (χ1) is 8.83. The Hall–Kier alpha value is -2.62. The van der Waals surface area contributed by atoms with Crippen LogP contribution >= 0.6 is 0 Å². The number of aromatic nitrogens is 3. The minimum absolute atomic E-state index is 0.180. The molecule has 4 heteroatoms. The van der Waals surface area contributed by atoms with Crippen LogP contribution in [0.4, 0.5) is 0 Å². The quantitative estimate of drug-likeness (QED) is 0.492. The molecule has 0 aliphatic carbocycles. The van der Waals surface area contributed by atoms with Gasteiger partial charge in [-0.1, -0.05) is 18.2 Å². The van der Waals surface area contributed by atoms with Gasteiger partial charge in [-0.05, 0) is 18.2 Å². The zero-order chi connectivity index (χ0) is 12.1. The second kappa shape index (κ2) is 3.20. The van der Waals surface area contributed by atoms with Gasteiger partial charge in [0.2, 0.25) is 0 Å². The van der Waals surface area contributed by atoms with E-state index < -0.39 is 0 Å². The summed E-state index contributed by atoms with van der Waals surface area (Å²) in [5.41, 5.74) is 3.47. The van der Waals surface area contributed by atoms with Gasteiger partial charge in [0.05, 0.1) is 17.2 Å². The third-order valence-corrected chi connectivity index (χ3v) is 3.22. The molecule has 0 amide bonds. The molecule has 2 aromatic carbocycles. The standard InChI is InChI=1S/C14H9N3O/c18-12-7-15-11-6-5-10-13(14(11)17-12)8-3-1-2-4-9(8)16-10/h1-7,16H,(H,17,18). The Labute approximate surface area is 101 Å². The molecule has 0 atom stereocenters. The van der Waals surface area contributed by atoms with Crippen molar-refractivity contribution >= 4 is 32.8 Å². The van der Waals surface area contributed by atoms with Crippen LogP contribution in [0.5, 0.6) is 0 Å². The highest BCUT2D eigenvalue weighted by atomic mass is 16.1. The van der Waals surface area contributed by atoms with Gasteiger partial charge in [-0.25, -0.2) is 4.98 Å². The Morgan fingerprint density at radius 3 is 2.78 bits per heavy atom. The van der Waals surface area contributed by atoms with E-state index in [0.29, 0.717) is 0 Å². The van der Waals surface area contributed by atoms with Crippen molar-refractivity contribution in [2.75, 3.05) is 0 Å². The van der Waals surface area contributed by atoms with Crippen molar-refractivity contribution in [3.8, 4) is 0 Å². The fraction of sp³-hybridized carbons (Fsp3) is 0. The minimum Gasteiger partial charge on any atom is -0.354 e. The highest BCUT2D eigenvalue weighted by Crippen LogP contribution is 2.29. The van der Waals surface area contributed by atoms with Gasteiger partial charge in [-0.15, -0.1) is 0 Å². The summed E-state index contributed by atoms with van der Waals surface area (Å²) in [4.78, 5) is 21.8. The van der Waals surface area contributed by atoms with E-state index in [9.17, 15) is 4.79 Å². The first-order valence-electron chi connectivity index (χ1n) is 5.71. The number of hydrogen-bond donors (Lipinski definition) is 2. The molecule has 4 aromatic rings. The Balaban J connectivity index is 2.39. The van der Waals surface area contributed by atoms with Crippen molar-refractivity contribution in [2.24, 2.45) is 0 Å². The van der Waals surface area contributed by atoms with Crippen LogP contribution in [0.2, 0.25) is 0 Å². The molecule has 2 N–H and O–H groups in total. The zero-order valence-electron chi connectivity index (χ0n) is 9.40. The lowest BCUT2D eigenvalue weighted by Crippen LogP contribution is -2.04. The van der Waals surface area contributed by atoms with Crippen LogP contribution in [0.3, 0.4) is 0 Å². The Morgan fingerprint density at radius 1 is 0.944 bits per heavy atom. The predicted octanol–water partition coefficient (Wildman–Crippen LogP) is 2.56. The van der Waals surface area contributed by atoms with Gasteiger partial charge in [0.25, 0.3) is 5.56 Å². The maximum atomic E-state index is 11.5. The molecule has 0 saturated carbocycles. The largest absolute Gasteiger partial charge is 0.354 e. The highest BCUT2D eigenvalue weighted by molar-refractivity contribution is 6.18. The van der Waals surface area contributed by atoms with Crippen LogP contribution in [0, 0.1) is 0 Å². The second-order valence-electron chi connectivity index (χ2n) is 4.30. The summed E-state index contributed by atoms with van der Waals surface area (Å²) in [6.45, 7) is 0. The molecular formula is C14H9N3O. The van der Waals surface area contributed by atoms with E-state index in [1.165, 1.54) is 6.20 Å². The number of nitrogens with one attached hydrogen (secondary N) is 2. The van der Waals surface area contributed by atoms with E-state index in [4.69, 9.17) is 0 Å². The Bertz CT molecular complexity index is 949. The van der Waals surface area contributed by atoms with Crippen molar-refractivity contribution in [1.82, 2.24) is 15.0 Å². The third-order valence-electron chi connectivity index (χ3n) is 3.22. The minimum atomic E-state index is -0.180. The molecule has 0 spiro atoms. The maximum Gasteiger partial charge on any atom is 0.266 e. The molecule has 0 saturated heterocycles. The predicted molar refractivity (Wildman–Crippen MR) is 71.7 cm³/mol. The van der Waals surface area contributed by atoms with E-state index in [-0.39, 0.29) is 5.56 Å². The molecule has 0 aliphatic rings. The van der Waals surface area contributed by atoms with Crippen LogP contribution in [-0.2, 0) is 0 Å². The second-order valence-corrected chi connectivity index (χ2v) is 4.30. The summed E-state index contributed by atoms with van der Waals surface area (Å²) in [7, 11) is 0. The summed E-state index contributed by atoms with van der Waals surface area (Å²) in [5.74, 6) is 0. The number of rotatable bonds is 0. The maximum absolute atomic E-state index is 11.5.